The number of aryl methyl sites for hydroxylation is 1. The maximum atomic E-state index is 6.19. The zero-order valence-corrected chi connectivity index (χ0v) is 15.2. The van der Waals surface area contributed by atoms with E-state index in [1.54, 1.807) is 21.3 Å². The third-order valence-electron chi connectivity index (χ3n) is 3.68. The highest BCUT2D eigenvalue weighted by molar-refractivity contribution is 7.71. The molecule has 0 amide bonds. The minimum atomic E-state index is 0.490. The summed E-state index contributed by atoms with van der Waals surface area (Å²) >= 11 is 17.7. The molecular weight excluding hydrogens is 351 g/mol. The number of rotatable bonds is 4. The number of aromatic nitrogens is 3. The van der Waals surface area contributed by atoms with Crippen molar-refractivity contribution in [1.29, 1.82) is 0 Å². The van der Waals surface area contributed by atoms with Crippen molar-refractivity contribution in [2.75, 3.05) is 7.05 Å². The van der Waals surface area contributed by atoms with Crippen LogP contribution in [0.2, 0.25) is 10.0 Å². The highest BCUT2D eigenvalue weighted by atomic mass is 35.5. The van der Waals surface area contributed by atoms with Gasteiger partial charge in [-0.2, -0.15) is 0 Å². The molecule has 4 nitrogen and oxygen atoms in total. The van der Waals surface area contributed by atoms with Gasteiger partial charge in [-0.15, -0.1) is 5.10 Å². The van der Waals surface area contributed by atoms with Gasteiger partial charge in [-0.25, -0.2) is 4.68 Å². The normalized spacial score (nSPS) is 11.5. The predicted octanol–water partition coefficient (Wildman–Crippen LogP) is 4.57. The summed E-state index contributed by atoms with van der Waals surface area (Å²) in [5.41, 5.74) is 3.17. The van der Waals surface area contributed by atoms with Gasteiger partial charge in [0.05, 0.1) is 16.7 Å². The fraction of sp³-hybridized carbons (Fsp3) is 0.250. The van der Waals surface area contributed by atoms with Crippen molar-refractivity contribution in [3.05, 3.63) is 62.5 Å². The molecule has 0 bridgehead atoms. The molecule has 0 fully saturated rings. The Morgan fingerprint density at radius 3 is 2.74 bits per heavy atom. The lowest BCUT2D eigenvalue weighted by molar-refractivity contribution is 0.244. The largest absolute Gasteiger partial charge is 0.283 e. The van der Waals surface area contributed by atoms with E-state index in [0.29, 0.717) is 27.1 Å². The standard InChI is InChI=1S/C16H16Cl2N4S/c1-11-5-3-4-6-12(11)8-20(2)10-22-16(23)21-9-13(17)7-14(18)15(21)19-22/h3-7,9H,8,10H2,1-2H3. The van der Waals surface area contributed by atoms with Crippen LogP contribution < -0.4 is 0 Å². The summed E-state index contributed by atoms with van der Waals surface area (Å²) in [6.45, 7) is 3.50. The second kappa shape index (κ2) is 6.61. The number of hydrogen-bond donors (Lipinski definition) is 0. The zero-order chi connectivity index (χ0) is 16.6. The molecule has 0 saturated carbocycles. The predicted molar refractivity (Wildman–Crippen MR) is 96.7 cm³/mol. The summed E-state index contributed by atoms with van der Waals surface area (Å²) in [5, 5.41) is 5.52. The molecule has 0 N–H and O–H groups in total. The molecule has 2 heterocycles. The Bertz CT molecular complexity index is 916. The Balaban J connectivity index is 1.87. The van der Waals surface area contributed by atoms with Crippen LogP contribution in [0.4, 0.5) is 0 Å². The third kappa shape index (κ3) is 3.43. The molecule has 0 atom stereocenters. The summed E-state index contributed by atoms with van der Waals surface area (Å²) in [4.78, 5) is 2.15. The van der Waals surface area contributed by atoms with Crippen molar-refractivity contribution in [1.82, 2.24) is 19.1 Å². The van der Waals surface area contributed by atoms with Gasteiger partial charge in [-0.1, -0.05) is 47.5 Å². The zero-order valence-electron chi connectivity index (χ0n) is 12.8. The van der Waals surface area contributed by atoms with E-state index in [-0.39, 0.29) is 0 Å². The fourth-order valence-electron chi connectivity index (χ4n) is 2.49. The first-order chi connectivity index (χ1) is 11.0. The van der Waals surface area contributed by atoms with Gasteiger partial charge in [0.25, 0.3) is 0 Å². The van der Waals surface area contributed by atoms with Gasteiger partial charge in [0.2, 0.25) is 4.77 Å². The number of halogens is 2. The Hall–Kier alpha value is -1.40. The average molecular weight is 367 g/mol. The van der Waals surface area contributed by atoms with Gasteiger partial charge in [-0.05, 0) is 43.4 Å². The minimum Gasteiger partial charge on any atom is -0.283 e. The number of benzene rings is 1. The van der Waals surface area contributed by atoms with Gasteiger partial charge in [-0.3, -0.25) is 9.30 Å². The lowest BCUT2D eigenvalue weighted by atomic mass is 10.1. The Morgan fingerprint density at radius 2 is 2.00 bits per heavy atom. The molecule has 7 heteroatoms. The van der Waals surface area contributed by atoms with Gasteiger partial charge >= 0.3 is 0 Å². The van der Waals surface area contributed by atoms with E-state index in [1.807, 2.05) is 13.1 Å². The van der Waals surface area contributed by atoms with Gasteiger partial charge in [0.15, 0.2) is 5.65 Å². The van der Waals surface area contributed by atoms with Gasteiger partial charge < -0.3 is 0 Å². The summed E-state index contributed by atoms with van der Waals surface area (Å²) < 4.78 is 4.06. The first-order valence-electron chi connectivity index (χ1n) is 7.13. The van der Waals surface area contributed by atoms with Crippen molar-refractivity contribution in [2.24, 2.45) is 0 Å². The molecule has 0 saturated heterocycles. The Kier molecular flexibility index (Phi) is 4.73. The van der Waals surface area contributed by atoms with Crippen molar-refractivity contribution in [3.8, 4) is 0 Å². The second-order valence-corrected chi connectivity index (χ2v) is 6.77. The lowest BCUT2D eigenvalue weighted by Gasteiger charge is -2.17. The highest BCUT2D eigenvalue weighted by Crippen LogP contribution is 2.21. The topological polar surface area (TPSA) is 25.5 Å². The molecule has 0 unspecified atom stereocenters. The van der Waals surface area contributed by atoms with Crippen molar-refractivity contribution in [2.45, 2.75) is 20.1 Å². The summed E-state index contributed by atoms with van der Waals surface area (Å²) in [6, 6.07) is 10.0. The number of hydrogen-bond acceptors (Lipinski definition) is 3. The van der Waals surface area contributed by atoms with Gasteiger partial charge in [0.1, 0.15) is 0 Å². The summed E-state index contributed by atoms with van der Waals surface area (Å²) in [5.74, 6) is 0. The van der Waals surface area contributed by atoms with Crippen LogP contribution in [-0.4, -0.2) is 26.1 Å². The average Bonchev–Trinajstić information content (AvgIpc) is 2.79. The first kappa shape index (κ1) is 16.5. The first-order valence-corrected chi connectivity index (χ1v) is 8.29. The smallest absolute Gasteiger partial charge is 0.203 e. The van der Waals surface area contributed by atoms with E-state index in [1.165, 1.54) is 11.1 Å². The van der Waals surface area contributed by atoms with E-state index in [2.05, 4.69) is 35.1 Å². The van der Waals surface area contributed by atoms with Crippen molar-refractivity contribution in [3.63, 3.8) is 0 Å². The maximum absolute atomic E-state index is 6.19. The minimum absolute atomic E-state index is 0.490. The van der Waals surface area contributed by atoms with Crippen LogP contribution in [0.3, 0.4) is 0 Å². The molecule has 23 heavy (non-hydrogen) atoms. The molecule has 0 aliphatic rings. The van der Waals surface area contributed by atoms with E-state index in [4.69, 9.17) is 35.4 Å². The number of pyridine rings is 1. The molecule has 3 rings (SSSR count). The van der Waals surface area contributed by atoms with Crippen LogP contribution in [0.1, 0.15) is 11.1 Å². The van der Waals surface area contributed by atoms with E-state index < -0.39 is 0 Å². The molecule has 120 valence electrons. The van der Waals surface area contributed by atoms with Crippen LogP contribution in [-0.2, 0) is 13.2 Å². The van der Waals surface area contributed by atoms with Crippen LogP contribution in [0.5, 0.6) is 0 Å². The SMILES string of the molecule is Cc1ccccc1CN(C)Cn1nc2c(Cl)cc(Cl)cn2c1=S. The van der Waals surface area contributed by atoms with Gasteiger partial charge in [0, 0.05) is 12.7 Å². The fourth-order valence-corrected chi connectivity index (χ4v) is 3.24. The lowest BCUT2D eigenvalue weighted by Crippen LogP contribution is -2.22. The molecule has 3 aromatic rings. The van der Waals surface area contributed by atoms with Crippen molar-refractivity contribution < 1.29 is 0 Å². The molecular formula is C16H16Cl2N4S. The molecule has 0 spiro atoms. The third-order valence-corrected chi connectivity index (χ3v) is 4.57. The second-order valence-electron chi connectivity index (χ2n) is 5.56. The number of nitrogens with zero attached hydrogens (tertiary/aromatic N) is 4. The Morgan fingerprint density at radius 1 is 1.26 bits per heavy atom. The van der Waals surface area contributed by atoms with Crippen LogP contribution in [0.25, 0.3) is 5.65 Å². The Labute approximate surface area is 149 Å². The molecule has 0 radical (unpaired) electrons. The highest BCUT2D eigenvalue weighted by Gasteiger charge is 2.11. The monoisotopic (exact) mass is 366 g/mol. The van der Waals surface area contributed by atoms with Crippen LogP contribution in [0.15, 0.2) is 36.5 Å². The quantitative estimate of drug-likeness (QED) is 0.632. The summed E-state index contributed by atoms with van der Waals surface area (Å²) in [7, 11) is 2.03. The maximum Gasteiger partial charge on any atom is 0.203 e. The van der Waals surface area contributed by atoms with E-state index in [0.717, 1.165) is 6.54 Å². The van der Waals surface area contributed by atoms with Crippen LogP contribution in [0, 0.1) is 11.7 Å². The molecule has 1 aromatic carbocycles. The molecule has 2 aromatic heterocycles. The molecule has 0 aliphatic carbocycles. The number of fused-ring (bicyclic) bond motifs is 1. The van der Waals surface area contributed by atoms with Crippen LogP contribution >= 0.6 is 35.4 Å². The van der Waals surface area contributed by atoms with Crippen molar-refractivity contribution >= 4 is 41.1 Å². The molecule has 0 aliphatic heterocycles. The van der Waals surface area contributed by atoms with E-state index >= 15 is 0 Å². The summed E-state index contributed by atoms with van der Waals surface area (Å²) in [6.07, 6.45) is 1.73. The van der Waals surface area contributed by atoms with E-state index in [9.17, 15) is 0 Å².